The van der Waals surface area contributed by atoms with Crippen LogP contribution in [0.1, 0.15) is 24.4 Å². The van der Waals surface area contributed by atoms with Gasteiger partial charge in [0.15, 0.2) is 22.2 Å². The first-order chi connectivity index (χ1) is 15.5. The number of hydrogen-bond acceptors (Lipinski definition) is 7. The molecular weight excluding hydrogens is 426 g/mol. The fraction of sp³-hybridized carbons (Fsp3) is 0.333. The highest BCUT2D eigenvalue weighted by atomic mass is 32.1. The molecule has 0 saturated heterocycles. The lowest BCUT2D eigenvalue weighted by Gasteiger charge is -2.20. The van der Waals surface area contributed by atoms with Gasteiger partial charge in [0.05, 0.1) is 23.4 Å². The molecule has 2 aromatic carbocycles. The summed E-state index contributed by atoms with van der Waals surface area (Å²) in [5.41, 5.74) is 1.41. The van der Waals surface area contributed by atoms with Gasteiger partial charge in [-0.2, -0.15) is 0 Å². The van der Waals surface area contributed by atoms with Crippen LogP contribution in [0, 0.1) is 0 Å². The highest BCUT2D eigenvalue weighted by Crippen LogP contribution is 2.34. The van der Waals surface area contributed by atoms with Gasteiger partial charge in [0.1, 0.15) is 5.75 Å². The van der Waals surface area contributed by atoms with Crippen molar-refractivity contribution in [3.63, 3.8) is 0 Å². The van der Waals surface area contributed by atoms with Gasteiger partial charge in [-0.15, -0.1) is 0 Å². The number of hydrogen-bond donors (Lipinski definition) is 0. The van der Waals surface area contributed by atoms with Crippen molar-refractivity contribution in [2.24, 2.45) is 0 Å². The van der Waals surface area contributed by atoms with Crippen LogP contribution in [0.5, 0.6) is 11.5 Å². The Hall–Kier alpha value is -3.10. The normalized spacial score (nSPS) is 11.4. The number of thiazole rings is 1. The Bertz CT molecular complexity index is 1230. The van der Waals surface area contributed by atoms with Gasteiger partial charge in [-0.3, -0.25) is 9.69 Å². The molecule has 0 bridgehead atoms. The summed E-state index contributed by atoms with van der Waals surface area (Å²) in [6.45, 7) is 6.17. The van der Waals surface area contributed by atoms with Gasteiger partial charge < -0.3 is 18.8 Å². The van der Waals surface area contributed by atoms with Crippen LogP contribution in [0.2, 0.25) is 0 Å². The highest BCUT2D eigenvalue weighted by molar-refractivity contribution is 7.22. The average molecular weight is 454 g/mol. The van der Waals surface area contributed by atoms with E-state index in [1.165, 1.54) is 11.3 Å². The first kappa shape index (κ1) is 22.1. The third-order valence-corrected chi connectivity index (χ3v) is 5.97. The number of furan rings is 1. The van der Waals surface area contributed by atoms with Crippen LogP contribution in [-0.2, 0) is 0 Å². The number of fused-ring (bicyclic) bond motifs is 2. The molecule has 0 aliphatic rings. The van der Waals surface area contributed by atoms with Gasteiger partial charge in [0, 0.05) is 18.5 Å². The number of rotatable bonds is 9. The first-order valence-corrected chi connectivity index (χ1v) is 11.5. The van der Waals surface area contributed by atoms with E-state index < -0.39 is 0 Å². The topological polar surface area (TPSA) is 68.0 Å². The monoisotopic (exact) mass is 453 g/mol. The number of nitrogens with zero attached hydrogens (tertiary/aromatic N) is 3. The Morgan fingerprint density at radius 1 is 1.06 bits per heavy atom. The maximum absolute atomic E-state index is 13.6. The van der Waals surface area contributed by atoms with E-state index in [0.717, 1.165) is 21.4 Å². The molecule has 0 atom stereocenters. The van der Waals surface area contributed by atoms with E-state index in [2.05, 4.69) is 0 Å². The summed E-state index contributed by atoms with van der Waals surface area (Å²) in [5, 5.41) is 1.46. The lowest BCUT2D eigenvalue weighted by molar-refractivity contribution is 0.0960. The number of ether oxygens (including phenoxy) is 2. The molecule has 0 unspecified atom stereocenters. The average Bonchev–Trinajstić information content (AvgIpc) is 3.38. The number of amides is 1. The summed E-state index contributed by atoms with van der Waals surface area (Å²) < 4.78 is 18.2. The van der Waals surface area contributed by atoms with E-state index in [4.69, 9.17) is 18.9 Å². The number of likely N-dealkylation sites (N-methyl/N-ethyl adjacent to an activating group) is 1. The predicted molar refractivity (Wildman–Crippen MR) is 128 cm³/mol. The zero-order chi connectivity index (χ0) is 22.7. The smallest absolute Gasteiger partial charge is 0.295 e. The van der Waals surface area contributed by atoms with Crippen molar-refractivity contribution < 1.29 is 18.7 Å². The molecule has 1 amide bonds. The largest absolute Gasteiger partial charge is 0.494 e. The predicted octanol–water partition coefficient (Wildman–Crippen LogP) is 5.05. The molecule has 2 aromatic heterocycles. The van der Waals surface area contributed by atoms with Gasteiger partial charge >= 0.3 is 0 Å². The molecule has 0 N–H and O–H groups in total. The van der Waals surface area contributed by atoms with Gasteiger partial charge in [-0.05, 0) is 58.3 Å². The molecule has 4 aromatic rings. The quantitative estimate of drug-likeness (QED) is 0.353. The van der Waals surface area contributed by atoms with Crippen LogP contribution in [0.25, 0.3) is 21.2 Å². The van der Waals surface area contributed by atoms with Crippen molar-refractivity contribution >= 4 is 43.6 Å². The Balaban J connectivity index is 1.71. The summed E-state index contributed by atoms with van der Waals surface area (Å²) in [6, 6.07) is 13.2. The summed E-state index contributed by atoms with van der Waals surface area (Å²) in [6.07, 6.45) is 0. The minimum Gasteiger partial charge on any atom is -0.494 e. The molecule has 0 saturated carbocycles. The standard InChI is InChI=1S/C24H27N3O4S/c1-5-29-17-10-11-18-21(15-17)32-24(25-18)27(13-12-26(3)4)23(28)20-14-16-8-7-9-19(30-6-2)22(16)31-20/h7-11,14-15H,5-6,12-13H2,1-4H3. The lowest BCUT2D eigenvalue weighted by Crippen LogP contribution is -2.36. The minimum absolute atomic E-state index is 0.227. The van der Waals surface area contributed by atoms with Crippen molar-refractivity contribution in [2.45, 2.75) is 13.8 Å². The van der Waals surface area contributed by atoms with Crippen LogP contribution in [-0.4, -0.2) is 56.2 Å². The number of carbonyl (C=O) groups excluding carboxylic acids is 1. The lowest BCUT2D eigenvalue weighted by atomic mass is 10.2. The summed E-state index contributed by atoms with van der Waals surface area (Å²) in [7, 11) is 3.95. The Morgan fingerprint density at radius 3 is 2.62 bits per heavy atom. The number of para-hydroxylation sites is 1. The van der Waals surface area contributed by atoms with E-state index in [-0.39, 0.29) is 11.7 Å². The Kier molecular flexibility index (Phi) is 6.62. The fourth-order valence-corrected chi connectivity index (χ4v) is 4.41. The third-order valence-electron chi connectivity index (χ3n) is 4.93. The molecule has 7 nitrogen and oxygen atoms in total. The van der Waals surface area contributed by atoms with Crippen molar-refractivity contribution in [1.29, 1.82) is 0 Å². The van der Waals surface area contributed by atoms with Crippen LogP contribution in [0.15, 0.2) is 46.9 Å². The second-order valence-corrected chi connectivity index (χ2v) is 8.55. The number of benzene rings is 2. The van der Waals surface area contributed by atoms with E-state index in [9.17, 15) is 4.79 Å². The van der Waals surface area contributed by atoms with Crippen LogP contribution in [0.4, 0.5) is 5.13 Å². The summed E-state index contributed by atoms with van der Waals surface area (Å²) in [4.78, 5) is 22.0. The zero-order valence-electron chi connectivity index (χ0n) is 18.8. The molecule has 32 heavy (non-hydrogen) atoms. The van der Waals surface area contributed by atoms with E-state index >= 15 is 0 Å². The van der Waals surface area contributed by atoms with Crippen LogP contribution in [0.3, 0.4) is 0 Å². The van der Waals surface area contributed by atoms with Gasteiger partial charge in [0.2, 0.25) is 0 Å². The SMILES string of the molecule is CCOc1ccc2nc(N(CCN(C)C)C(=O)c3cc4cccc(OCC)c4o3)sc2c1. The molecule has 2 heterocycles. The number of aromatic nitrogens is 1. The molecule has 0 radical (unpaired) electrons. The molecule has 0 fully saturated rings. The Labute approximate surface area is 191 Å². The second-order valence-electron chi connectivity index (χ2n) is 7.54. The first-order valence-electron chi connectivity index (χ1n) is 10.7. The van der Waals surface area contributed by atoms with Crippen molar-refractivity contribution in [3.05, 3.63) is 48.2 Å². The molecule has 0 aliphatic heterocycles. The van der Waals surface area contributed by atoms with E-state index in [0.29, 0.717) is 42.8 Å². The molecule has 168 valence electrons. The van der Waals surface area contributed by atoms with E-state index in [1.807, 2.05) is 69.2 Å². The Morgan fingerprint density at radius 2 is 1.88 bits per heavy atom. The molecule has 0 aliphatic carbocycles. The van der Waals surface area contributed by atoms with Crippen molar-refractivity contribution in [2.75, 3.05) is 45.3 Å². The van der Waals surface area contributed by atoms with Gasteiger partial charge in [0.25, 0.3) is 5.91 Å². The molecule has 4 rings (SSSR count). The summed E-state index contributed by atoms with van der Waals surface area (Å²) in [5.74, 6) is 1.46. The molecule has 0 spiro atoms. The molecule has 8 heteroatoms. The highest BCUT2D eigenvalue weighted by Gasteiger charge is 2.25. The third kappa shape index (κ3) is 4.56. The molecular formula is C24H27N3O4S. The van der Waals surface area contributed by atoms with Gasteiger partial charge in [-0.25, -0.2) is 4.98 Å². The maximum Gasteiger partial charge on any atom is 0.295 e. The minimum atomic E-state index is -0.227. The van der Waals surface area contributed by atoms with Crippen molar-refractivity contribution in [3.8, 4) is 11.5 Å². The second kappa shape index (κ2) is 9.58. The van der Waals surface area contributed by atoms with Crippen LogP contribution >= 0.6 is 11.3 Å². The van der Waals surface area contributed by atoms with Crippen molar-refractivity contribution in [1.82, 2.24) is 9.88 Å². The zero-order valence-corrected chi connectivity index (χ0v) is 19.6. The maximum atomic E-state index is 13.6. The van der Waals surface area contributed by atoms with E-state index in [1.54, 1.807) is 11.0 Å². The summed E-state index contributed by atoms with van der Waals surface area (Å²) >= 11 is 1.47. The number of carbonyl (C=O) groups is 1. The fourth-order valence-electron chi connectivity index (χ4n) is 3.39. The van der Waals surface area contributed by atoms with Crippen LogP contribution < -0.4 is 14.4 Å². The number of anilines is 1. The van der Waals surface area contributed by atoms with Gasteiger partial charge in [-0.1, -0.05) is 23.5 Å².